The van der Waals surface area contributed by atoms with Crippen LogP contribution in [-0.2, 0) is 54.2 Å². The van der Waals surface area contributed by atoms with Gasteiger partial charge in [0.05, 0.1) is 72.6 Å². The Morgan fingerprint density at radius 1 is 0.750 bits per heavy atom. The Labute approximate surface area is 370 Å². The molecule has 5 amide bonds. The molecule has 0 fully saturated rings. The molecule has 3 rings (SSSR count). The van der Waals surface area contributed by atoms with E-state index in [1.54, 1.807) is 31.2 Å². The van der Waals surface area contributed by atoms with Crippen molar-refractivity contribution in [2.45, 2.75) is 64.5 Å². The maximum absolute atomic E-state index is 12.8. The smallest absolute Gasteiger partial charge is 0.328 e. The number of nitrogen functional groups attached to an aromatic ring is 1. The number of amides is 5. The fraction of sp³-hybridized carbons (Fsp3) is 0.585. The number of primary amides is 1. The largest absolute Gasteiger partial charge is 0.461 e. The van der Waals surface area contributed by atoms with Crippen LogP contribution in [0.1, 0.15) is 67.8 Å². The summed E-state index contributed by atoms with van der Waals surface area (Å²) in [6.07, 6.45) is 1.77. The average molecular weight is 903 g/mol. The van der Waals surface area contributed by atoms with Gasteiger partial charge in [0.1, 0.15) is 18.2 Å². The molecule has 9 N–H and O–H groups in total. The molecule has 0 radical (unpaired) electrons. The standard InChI is InChI=1S/C41H62N10O13/c1-3-32(53)46-26-30(52)11-12-33(54)44-15-17-61-20-22-63-24-23-62-21-19-60-16-13-34(55)47-31(37(43)56)6-4-5-14-45-39(57)29-9-7-28(8-10-29)27-51-38-35(48-41(51)58)36(42)49-40(50-38)64-25-18-59-2/h7-10,31H,3-6,11-27H2,1-2H3,(H2,43,56)(H,44,54)(H,45,57)(H,46,53)(H,47,55)(H,48,58)(H2,42,49,50). The van der Waals surface area contributed by atoms with Crippen molar-refractivity contribution in [3.63, 3.8) is 0 Å². The van der Waals surface area contributed by atoms with E-state index in [0.29, 0.717) is 84.0 Å². The number of ketones is 1. The van der Waals surface area contributed by atoms with Crippen LogP contribution in [0.4, 0.5) is 5.82 Å². The fourth-order valence-electron chi connectivity index (χ4n) is 5.67. The lowest BCUT2D eigenvalue weighted by atomic mass is 10.1. The SMILES string of the molecule is CCC(=O)NCC(=O)CCC(=O)NCCOCCOCCOCCOCCC(=O)NC(CCCCNC(=O)c1ccc(Cn2c(=O)[nH]c3c(N)nc(OCCOC)nc32)cc1)C(N)=O. The quantitative estimate of drug-likeness (QED) is 0.0352. The number of unbranched alkanes of at least 4 members (excludes halogenated alkanes) is 1. The van der Waals surface area contributed by atoms with Gasteiger partial charge in [-0.3, -0.25) is 33.3 Å². The molecule has 23 heteroatoms. The molecule has 3 aromatic rings. The van der Waals surface area contributed by atoms with Gasteiger partial charge in [-0.15, -0.1) is 0 Å². The van der Waals surface area contributed by atoms with Gasteiger partial charge in [-0.1, -0.05) is 19.1 Å². The summed E-state index contributed by atoms with van der Waals surface area (Å²) in [5.74, 6) is -1.97. The average Bonchev–Trinajstić information content (AvgIpc) is 3.59. The molecular formula is C41H62N10O13. The van der Waals surface area contributed by atoms with Crippen molar-refractivity contribution >= 4 is 52.3 Å². The van der Waals surface area contributed by atoms with E-state index in [1.807, 2.05) is 0 Å². The van der Waals surface area contributed by atoms with E-state index in [-0.39, 0.29) is 111 Å². The molecule has 1 aromatic carbocycles. The van der Waals surface area contributed by atoms with Crippen LogP contribution in [0.5, 0.6) is 6.01 Å². The lowest BCUT2D eigenvalue weighted by Gasteiger charge is -2.15. The third-order valence-corrected chi connectivity index (χ3v) is 9.18. The topological polar surface area (TPSA) is 322 Å². The molecule has 0 bridgehead atoms. The van der Waals surface area contributed by atoms with Crippen molar-refractivity contribution in [2.24, 2.45) is 5.73 Å². The van der Waals surface area contributed by atoms with Crippen molar-refractivity contribution < 1.29 is 57.2 Å². The maximum atomic E-state index is 12.8. The molecule has 1 atom stereocenters. The fourth-order valence-corrected chi connectivity index (χ4v) is 5.67. The number of hydrogen-bond donors (Lipinski definition) is 7. The highest BCUT2D eigenvalue weighted by Gasteiger charge is 2.18. The summed E-state index contributed by atoms with van der Waals surface area (Å²) in [6.45, 7) is 5.21. The number of aromatic amines is 1. The highest BCUT2D eigenvalue weighted by Crippen LogP contribution is 2.19. The number of rotatable bonds is 35. The second kappa shape index (κ2) is 30.1. The molecule has 64 heavy (non-hydrogen) atoms. The van der Waals surface area contributed by atoms with Gasteiger partial charge in [0.2, 0.25) is 23.6 Å². The first-order valence-corrected chi connectivity index (χ1v) is 21.1. The van der Waals surface area contributed by atoms with Crippen molar-refractivity contribution in [2.75, 3.05) is 98.5 Å². The summed E-state index contributed by atoms with van der Waals surface area (Å²) in [7, 11) is 1.53. The molecule has 354 valence electrons. The Hall–Kier alpha value is -6.01. The first kappa shape index (κ1) is 52.3. The number of carbonyl (C=O) groups is 6. The van der Waals surface area contributed by atoms with Crippen LogP contribution in [0.15, 0.2) is 29.1 Å². The van der Waals surface area contributed by atoms with Gasteiger partial charge in [-0.2, -0.15) is 9.97 Å². The van der Waals surface area contributed by atoms with E-state index in [9.17, 15) is 33.6 Å². The van der Waals surface area contributed by atoms with Crippen LogP contribution in [0.2, 0.25) is 0 Å². The Balaban J connectivity index is 1.18. The zero-order chi connectivity index (χ0) is 46.5. The van der Waals surface area contributed by atoms with Crippen LogP contribution in [0.25, 0.3) is 11.2 Å². The molecular weight excluding hydrogens is 841 g/mol. The lowest BCUT2D eigenvalue weighted by molar-refractivity contribution is -0.128. The summed E-state index contributed by atoms with van der Waals surface area (Å²) < 4.78 is 33.6. The zero-order valence-corrected chi connectivity index (χ0v) is 36.5. The molecule has 0 saturated carbocycles. The number of nitrogens with zero attached hydrogens (tertiary/aromatic N) is 3. The van der Waals surface area contributed by atoms with E-state index < -0.39 is 17.6 Å². The van der Waals surface area contributed by atoms with Crippen LogP contribution >= 0.6 is 0 Å². The molecule has 1 unspecified atom stereocenters. The number of nitrogens with two attached hydrogens (primary N) is 2. The summed E-state index contributed by atoms with van der Waals surface area (Å²) in [6, 6.07) is 5.89. The van der Waals surface area contributed by atoms with Gasteiger partial charge in [-0.25, -0.2) is 4.79 Å². The highest BCUT2D eigenvalue weighted by atomic mass is 16.6. The molecule has 2 aromatic heterocycles. The van der Waals surface area contributed by atoms with Crippen molar-refractivity contribution in [3.05, 3.63) is 45.9 Å². The van der Waals surface area contributed by atoms with E-state index >= 15 is 0 Å². The second-order valence-corrected chi connectivity index (χ2v) is 14.1. The van der Waals surface area contributed by atoms with Crippen molar-refractivity contribution in [1.82, 2.24) is 40.8 Å². The zero-order valence-electron chi connectivity index (χ0n) is 36.5. The van der Waals surface area contributed by atoms with Crippen molar-refractivity contribution in [1.29, 1.82) is 0 Å². The Bertz CT molecular complexity index is 1990. The summed E-state index contributed by atoms with van der Waals surface area (Å²) in [5, 5.41) is 10.6. The van der Waals surface area contributed by atoms with Gasteiger partial charge in [0.25, 0.3) is 5.91 Å². The number of H-pyrrole nitrogens is 1. The summed E-state index contributed by atoms with van der Waals surface area (Å²) >= 11 is 0. The number of fused-ring (bicyclic) bond motifs is 1. The van der Waals surface area contributed by atoms with Gasteiger partial charge in [-0.05, 0) is 37.0 Å². The van der Waals surface area contributed by atoms with Gasteiger partial charge in [0, 0.05) is 51.4 Å². The van der Waals surface area contributed by atoms with E-state index in [0.717, 1.165) is 5.56 Å². The lowest BCUT2D eigenvalue weighted by Crippen LogP contribution is -2.44. The van der Waals surface area contributed by atoms with Crippen molar-refractivity contribution in [3.8, 4) is 6.01 Å². The summed E-state index contributed by atoms with van der Waals surface area (Å²) in [4.78, 5) is 95.6. The molecule has 2 heterocycles. The first-order chi connectivity index (χ1) is 30.9. The minimum absolute atomic E-state index is 0.0139. The summed E-state index contributed by atoms with van der Waals surface area (Å²) in [5.41, 5.74) is 12.8. The second-order valence-electron chi connectivity index (χ2n) is 14.1. The Morgan fingerprint density at radius 2 is 1.42 bits per heavy atom. The number of anilines is 1. The third kappa shape index (κ3) is 20.4. The number of benzene rings is 1. The molecule has 0 aliphatic heterocycles. The number of hydrogen-bond acceptors (Lipinski definition) is 16. The number of ether oxygens (including phenoxy) is 6. The van der Waals surface area contributed by atoms with Crippen LogP contribution in [-0.4, -0.2) is 154 Å². The van der Waals surface area contributed by atoms with Crippen LogP contribution in [0, 0.1) is 0 Å². The van der Waals surface area contributed by atoms with Gasteiger partial charge in [0.15, 0.2) is 17.2 Å². The van der Waals surface area contributed by atoms with Gasteiger partial charge >= 0.3 is 11.7 Å². The van der Waals surface area contributed by atoms with E-state index in [1.165, 1.54) is 11.7 Å². The number of methoxy groups -OCH3 is 1. The minimum Gasteiger partial charge on any atom is -0.461 e. The first-order valence-electron chi connectivity index (χ1n) is 21.1. The molecule has 0 spiro atoms. The van der Waals surface area contributed by atoms with E-state index in [4.69, 9.17) is 39.9 Å². The Morgan fingerprint density at radius 3 is 2.08 bits per heavy atom. The maximum Gasteiger partial charge on any atom is 0.328 e. The number of Topliss-reactive ketones (excluding diaryl/α,β-unsaturated/α-hetero) is 1. The minimum atomic E-state index is -0.866. The Kier molecular flexibility index (Phi) is 24.6. The highest BCUT2D eigenvalue weighted by molar-refractivity contribution is 5.94. The monoisotopic (exact) mass is 902 g/mol. The molecule has 23 nitrogen and oxygen atoms in total. The molecule has 0 aliphatic carbocycles. The number of imidazole rings is 1. The van der Waals surface area contributed by atoms with Crippen LogP contribution < -0.4 is 43.2 Å². The normalized spacial score (nSPS) is 11.5. The number of carbonyl (C=O) groups excluding carboxylic acids is 6. The van der Waals surface area contributed by atoms with E-state index in [2.05, 4.69) is 36.2 Å². The van der Waals surface area contributed by atoms with Gasteiger partial charge < -0.3 is 66.1 Å². The molecule has 0 aliphatic rings. The number of aromatic nitrogens is 4. The number of nitrogens with one attached hydrogen (secondary N) is 5. The van der Waals surface area contributed by atoms with Crippen LogP contribution in [0.3, 0.4) is 0 Å². The molecule has 0 saturated heterocycles. The predicted molar refractivity (Wildman–Crippen MR) is 231 cm³/mol. The predicted octanol–water partition coefficient (Wildman–Crippen LogP) is -0.906. The third-order valence-electron chi connectivity index (χ3n) is 9.18.